The number of fused-ring (bicyclic) bond motifs is 1. The van der Waals surface area contributed by atoms with Gasteiger partial charge in [0, 0.05) is 12.5 Å². The Labute approximate surface area is 129 Å². The first-order chi connectivity index (χ1) is 10.6. The molecule has 0 spiro atoms. The molecule has 0 amide bonds. The molecule has 3 aromatic rings. The molecule has 0 fully saturated rings. The molecule has 0 saturated carbocycles. The molecule has 3 nitrogen and oxygen atoms in total. The Bertz CT molecular complexity index is 799. The van der Waals surface area contributed by atoms with Crippen LogP contribution in [0.4, 0.5) is 8.78 Å². The third kappa shape index (κ3) is 3.12. The summed E-state index contributed by atoms with van der Waals surface area (Å²) in [5.74, 6) is -2.47. The molecule has 0 aliphatic carbocycles. The fourth-order valence-electron chi connectivity index (χ4n) is 1.99. The minimum Gasteiger partial charge on any atom is -0.462 e. The first-order valence-electron chi connectivity index (χ1n) is 6.60. The van der Waals surface area contributed by atoms with Crippen LogP contribution in [0.5, 0.6) is 0 Å². The van der Waals surface area contributed by atoms with Gasteiger partial charge < -0.3 is 4.74 Å². The van der Waals surface area contributed by atoms with Crippen molar-refractivity contribution >= 4 is 27.5 Å². The summed E-state index contributed by atoms with van der Waals surface area (Å²) in [7, 11) is 0. The van der Waals surface area contributed by atoms with E-state index in [1.807, 2.05) is 24.3 Å². The Kier molecular flexibility index (Phi) is 4.11. The number of thiazole rings is 1. The molecule has 3 rings (SSSR count). The van der Waals surface area contributed by atoms with Crippen molar-refractivity contribution in [1.82, 2.24) is 4.98 Å². The summed E-state index contributed by atoms with van der Waals surface area (Å²) in [6.07, 6.45) is 0.452. The standard InChI is InChI=1S/C16H11F2NO2S/c17-10-5-6-11(12(18)9-10)16(20)21-8-7-15-19-13-3-1-2-4-14(13)22-15/h1-6,9H,7-8H2. The first-order valence-corrected chi connectivity index (χ1v) is 7.42. The monoisotopic (exact) mass is 319 g/mol. The van der Waals surface area contributed by atoms with Gasteiger partial charge in [-0.2, -0.15) is 0 Å². The van der Waals surface area contributed by atoms with E-state index >= 15 is 0 Å². The maximum absolute atomic E-state index is 13.4. The SMILES string of the molecule is O=C(OCCc1nc2ccccc2s1)c1ccc(F)cc1F. The van der Waals surface area contributed by atoms with Crippen molar-refractivity contribution in [3.05, 3.63) is 64.7 Å². The van der Waals surface area contributed by atoms with Crippen LogP contribution in [0.15, 0.2) is 42.5 Å². The van der Waals surface area contributed by atoms with E-state index in [0.717, 1.165) is 27.4 Å². The maximum atomic E-state index is 13.4. The van der Waals surface area contributed by atoms with Crippen molar-refractivity contribution in [2.45, 2.75) is 6.42 Å². The lowest BCUT2D eigenvalue weighted by atomic mass is 10.2. The van der Waals surface area contributed by atoms with E-state index in [1.165, 1.54) is 11.3 Å². The Morgan fingerprint density at radius 1 is 1.18 bits per heavy atom. The predicted octanol–water partition coefficient (Wildman–Crippen LogP) is 3.97. The number of esters is 1. The molecule has 6 heteroatoms. The largest absolute Gasteiger partial charge is 0.462 e. The summed E-state index contributed by atoms with van der Waals surface area (Å²) in [6.45, 7) is 0.0927. The smallest absolute Gasteiger partial charge is 0.341 e. The van der Waals surface area contributed by atoms with E-state index < -0.39 is 17.6 Å². The van der Waals surface area contributed by atoms with E-state index in [1.54, 1.807) is 0 Å². The van der Waals surface area contributed by atoms with Crippen LogP contribution in [-0.2, 0) is 11.2 Å². The molecule has 0 radical (unpaired) electrons. The normalized spacial score (nSPS) is 10.8. The highest BCUT2D eigenvalue weighted by Crippen LogP contribution is 2.21. The fourth-order valence-corrected chi connectivity index (χ4v) is 2.94. The average Bonchev–Trinajstić information content (AvgIpc) is 2.89. The van der Waals surface area contributed by atoms with Gasteiger partial charge in [-0.15, -0.1) is 11.3 Å². The van der Waals surface area contributed by atoms with E-state index in [9.17, 15) is 13.6 Å². The van der Waals surface area contributed by atoms with Gasteiger partial charge in [0.2, 0.25) is 0 Å². The van der Waals surface area contributed by atoms with Crippen molar-refractivity contribution in [3.8, 4) is 0 Å². The topological polar surface area (TPSA) is 39.2 Å². The van der Waals surface area contributed by atoms with Gasteiger partial charge in [-0.1, -0.05) is 12.1 Å². The molecular weight excluding hydrogens is 308 g/mol. The lowest BCUT2D eigenvalue weighted by Gasteiger charge is -2.04. The lowest BCUT2D eigenvalue weighted by molar-refractivity contribution is 0.0504. The molecule has 0 aliphatic rings. The molecule has 0 unspecified atom stereocenters. The molecular formula is C16H11F2NO2S. The van der Waals surface area contributed by atoms with Crippen molar-refractivity contribution in [2.24, 2.45) is 0 Å². The van der Waals surface area contributed by atoms with Gasteiger partial charge >= 0.3 is 5.97 Å². The molecule has 112 valence electrons. The third-order valence-corrected chi connectivity index (χ3v) is 4.13. The minimum absolute atomic E-state index is 0.0927. The Balaban J connectivity index is 1.61. The zero-order valence-corrected chi connectivity index (χ0v) is 12.2. The van der Waals surface area contributed by atoms with Crippen LogP contribution in [0.25, 0.3) is 10.2 Å². The van der Waals surface area contributed by atoms with Crippen molar-refractivity contribution in [2.75, 3.05) is 6.61 Å². The molecule has 2 aromatic carbocycles. The predicted molar refractivity (Wildman–Crippen MR) is 80.0 cm³/mol. The van der Waals surface area contributed by atoms with E-state index in [-0.39, 0.29) is 12.2 Å². The number of rotatable bonds is 4. The summed E-state index contributed by atoms with van der Waals surface area (Å²) in [6, 6.07) is 10.5. The highest BCUT2D eigenvalue weighted by molar-refractivity contribution is 7.18. The van der Waals surface area contributed by atoms with Crippen molar-refractivity contribution in [1.29, 1.82) is 0 Å². The highest BCUT2D eigenvalue weighted by atomic mass is 32.1. The zero-order chi connectivity index (χ0) is 15.5. The number of carbonyl (C=O) groups excluding carboxylic acids is 1. The average molecular weight is 319 g/mol. The second-order valence-electron chi connectivity index (χ2n) is 4.59. The van der Waals surface area contributed by atoms with Crippen molar-refractivity contribution < 1.29 is 18.3 Å². The summed E-state index contributed by atoms with van der Waals surface area (Å²) in [5, 5.41) is 0.841. The zero-order valence-electron chi connectivity index (χ0n) is 11.4. The van der Waals surface area contributed by atoms with Crippen LogP contribution >= 0.6 is 11.3 Å². The summed E-state index contributed by atoms with van der Waals surface area (Å²) >= 11 is 1.52. The number of ether oxygens (including phenoxy) is 1. The number of hydrogen-bond donors (Lipinski definition) is 0. The quantitative estimate of drug-likeness (QED) is 0.683. The second kappa shape index (κ2) is 6.19. The molecule has 22 heavy (non-hydrogen) atoms. The van der Waals surface area contributed by atoms with E-state index in [4.69, 9.17) is 4.74 Å². The first kappa shape index (κ1) is 14.6. The van der Waals surface area contributed by atoms with Crippen LogP contribution in [0, 0.1) is 11.6 Å². The number of halogens is 2. The summed E-state index contributed by atoms with van der Waals surface area (Å²) < 4.78 is 32.3. The summed E-state index contributed by atoms with van der Waals surface area (Å²) in [5.41, 5.74) is 0.629. The van der Waals surface area contributed by atoms with E-state index in [0.29, 0.717) is 12.5 Å². The number of hydrogen-bond acceptors (Lipinski definition) is 4. The fraction of sp³-hybridized carbons (Fsp3) is 0.125. The maximum Gasteiger partial charge on any atom is 0.341 e. The van der Waals surface area contributed by atoms with Gasteiger partial charge in [0.1, 0.15) is 11.6 Å². The Morgan fingerprint density at radius 2 is 2.00 bits per heavy atom. The minimum atomic E-state index is -0.926. The van der Waals surface area contributed by atoms with Gasteiger partial charge in [-0.3, -0.25) is 0 Å². The summed E-state index contributed by atoms with van der Waals surface area (Å²) in [4.78, 5) is 16.2. The number of para-hydroxylation sites is 1. The van der Waals surface area contributed by atoms with Gasteiger partial charge in [-0.05, 0) is 24.3 Å². The number of benzene rings is 2. The van der Waals surface area contributed by atoms with Gasteiger partial charge in [0.15, 0.2) is 0 Å². The van der Waals surface area contributed by atoms with E-state index in [2.05, 4.69) is 4.98 Å². The number of nitrogens with zero attached hydrogens (tertiary/aromatic N) is 1. The molecule has 0 N–H and O–H groups in total. The van der Waals surface area contributed by atoms with Crippen LogP contribution < -0.4 is 0 Å². The third-order valence-electron chi connectivity index (χ3n) is 3.04. The van der Waals surface area contributed by atoms with Gasteiger partial charge in [0.05, 0.1) is 27.4 Å². The molecule has 0 saturated heterocycles. The molecule has 0 aliphatic heterocycles. The molecule has 0 atom stereocenters. The molecule has 1 aromatic heterocycles. The number of carbonyl (C=O) groups is 1. The molecule has 1 heterocycles. The van der Waals surface area contributed by atoms with Gasteiger partial charge in [0.25, 0.3) is 0 Å². The Morgan fingerprint density at radius 3 is 2.77 bits per heavy atom. The van der Waals surface area contributed by atoms with Crippen molar-refractivity contribution in [3.63, 3.8) is 0 Å². The lowest BCUT2D eigenvalue weighted by Crippen LogP contribution is -2.10. The van der Waals surface area contributed by atoms with Crippen LogP contribution in [0.1, 0.15) is 15.4 Å². The van der Waals surface area contributed by atoms with Gasteiger partial charge in [-0.25, -0.2) is 18.6 Å². The Hall–Kier alpha value is -2.34. The van der Waals surface area contributed by atoms with Crippen LogP contribution in [0.3, 0.4) is 0 Å². The van der Waals surface area contributed by atoms with Crippen LogP contribution in [-0.4, -0.2) is 17.6 Å². The number of aromatic nitrogens is 1. The molecule has 0 bridgehead atoms. The second-order valence-corrected chi connectivity index (χ2v) is 5.70. The van der Waals surface area contributed by atoms with Crippen LogP contribution in [0.2, 0.25) is 0 Å². The highest BCUT2D eigenvalue weighted by Gasteiger charge is 2.14.